The number of carbonyl (C=O) groups is 1. The normalized spacial score (nSPS) is 7.20. The van der Waals surface area contributed by atoms with E-state index in [0.717, 1.165) is 0 Å². The van der Waals surface area contributed by atoms with Crippen molar-refractivity contribution >= 4 is 13.4 Å². The van der Waals surface area contributed by atoms with Crippen LogP contribution in [-0.4, -0.2) is 35.1 Å². The molecule has 0 aromatic carbocycles. The first-order chi connectivity index (χ1) is 4.50. The van der Waals surface area contributed by atoms with E-state index in [1.807, 2.05) is 0 Å². The van der Waals surface area contributed by atoms with E-state index in [1.54, 1.807) is 6.92 Å². The molecule has 0 radical (unpaired) electrons. The number of ether oxygens (including phenoxy) is 1. The molecule has 0 spiro atoms. The first kappa shape index (κ1) is 11.9. The van der Waals surface area contributed by atoms with Crippen LogP contribution < -0.4 is 5.73 Å². The van der Waals surface area contributed by atoms with E-state index in [1.165, 1.54) is 0 Å². The Bertz CT molecular complexity index is 84.2. The monoisotopic (exact) mass is 151 g/mol. The van der Waals surface area contributed by atoms with Crippen LogP contribution in [0.1, 0.15) is 6.92 Å². The molecular weight excluding hydrogens is 141 g/mol. The van der Waals surface area contributed by atoms with E-state index in [0.29, 0.717) is 6.61 Å². The van der Waals surface area contributed by atoms with Gasteiger partial charge in [-0.2, -0.15) is 0 Å². The molecule has 0 saturated carbocycles. The predicted octanol–water partition coefficient (Wildman–Crippen LogP) is -1.95. The molecule has 0 aliphatic heterocycles. The van der Waals surface area contributed by atoms with Gasteiger partial charge in [0.25, 0.3) is 0 Å². The predicted molar refractivity (Wildman–Crippen MR) is 33.6 cm³/mol. The Labute approximate surface area is 58.4 Å². The van der Waals surface area contributed by atoms with Crippen molar-refractivity contribution in [1.82, 2.24) is 0 Å². The van der Waals surface area contributed by atoms with Crippen LogP contribution in [0.5, 0.6) is 0 Å². The van der Waals surface area contributed by atoms with Crippen LogP contribution in [0.3, 0.4) is 0 Å². The molecule has 0 aliphatic rings. The first-order valence-electron chi connectivity index (χ1n) is 2.47. The van der Waals surface area contributed by atoms with Gasteiger partial charge in [0.2, 0.25) is 0 Å². The Morgan fingerprint density at radius 1 is 1.60 bits per heavy atom. The molecule has 0 bridgehead atoms. The number of hydrogen-bond donors (Lipinski definition) is 4. The van der Waals surface area contributed by atoms with Crippen molar-refractivity contribution in [3.05, 3.63) is 0 Å². The summed E-state index contributed by atoms with van der Waals surface area (Å²) in [6, 6.07) is 0. The fourth-order valence-electron chi connectivity index (χ4n) is 0.142. The maximum Gasteiger partial charge on any atom is 0.631 e. The highest BCUT2D eigenvalue weighted by atomic mass is 16.5. The topological polar surface area (TPSA) is 113 Å². The van der Waals surface area contributed by atoms with Crippen molar-refractivity contribution in [2.45, 2.75) is 6.92 Å². The number of amides is 1. The number of primary amides is 1. The summed E-state index contributed by atoms with van der Waals surface area (Å²) in [6.45, 7) is 2.06. The molecule has 0 rings (SSSR count). The highest BCUT2D eigenvalue weighted by Crippen LogP contribution is 1.66. The molecule has 0 aromatic rings. The summed E-state index contributed by atoms with van der Waals surface area (Å²) >= 11 is 0. The third kappa shape index (κ3) is 56.8. The fourth-order valence-corrected chi connectivity index (χ4v) is 0.142. The quantitative estimate of drug-likeness (QED) is 0.325. The SMILES string of the molecule is CCOC(N)=O.OB(O)O. The largest absolute Gasteiger partial charge is 0.631 e. The average Bonchev–Trinajstić information content (AvgIpc) is 1.62. The third-order valence-electron chi connectivity index (χ3n) is 0.287. The molecule has 0 aromatic heterocycles. The lowest BCUT2D eigenvalue weighted by molar-refractivity contribution is 0.163. The Hall–Kier alpha value is -0.785. The molecule has 0 unspecified atom stereocenters. The molecule has 60 valence electrons. The van der Waals surface area contributed by atoms with Gasteiger partial charge in [0.1, 0.15) is 0 Å². The number of carbonyl (C=O) groups excluding carboxylic acids is 1. The van der Waals surface area contributed by atoms with E-state index in [9.17, 15) is 4.79 Å². The van der Waals surface area contributed by atoms with Crippen LogP contribution >= 0.6 is 0 Å². The van der Waals surface area contributed by atoms with Gasteiger partial charge in [-0.05, 0) is 6.92 Å². The van der Waals surface area contributed by atoms with Crippen molar-refractivity contribution in [3.8, 4) is 0 Å². The summed E-state index contributed by atoms with van der Waals surface area (Å²) in [7, 11) is -2.17. The van der Waals surface area contributed by atoms with Crippen LogP contribution in [0, 0.1) is 0 Å². The molecule has 5 N–H and O–H groups in total. The van der Waals surface area contributed by atoms with E-state index in [4.69, 9.17) is 15.1 Å². The molecule has 0 heterocycles. The highest BCUT2D eigenvalue weighted by molar-refractivity contribution is 6.30. The zero-order valence-electron chi connectivity index (χ0n) is 5.52. The first-order valence-corrected chi connectivity index (χ1v) is 2.47. The second-order valence-electron chi connectivity index (χ2n) is 1.10. The fraction of sp³-hybridized carbons (Fsp3) is 0.667. The molecular formula is C3H10BNO5. The summed E-state index contributed by atoms with van der Waals surface area (Å²) in [5.74, 6) is 0. The van der Waals surface area contributed by atoms with Gasteiger partial charge in [-0.1, -0.05) is 0 Å². The maximum atomic E-state index is 9.60. The van der Waals surface area contributed by atoms with Crippen molar-refractivity contribution in [3.63, 3.8) is 0 Å². The second-order valence-corrected chi connectivity index (χ2v) is 1.10. The maximum absolute atomic E-state index is 9.60. The van der Waals surface area contributed by atoms with Gasteiger partial charge in [-0.15, -0.1) is 0 Å². The molecule has 6 nitrogen and oxygen atoms in total. The molecule has 1 amide bonds. The van der Waals surface area contributed by atoms with Crippen LogP contribution in [0.25, 0.3) is 0 Å². The summed E-state index contributed by atoms with van der Waals surface area (Å²) in [5.41, 5.74) is 4.54. The molecule has 10 heavy (non-hydrogen) atoms. The van der Waals surface area contributed by atoms with E-state index in [-0.39, 0.29) is 0 Å². The van der Waals surface area contributed by atoms with Crippen molar-refractivity contribution < 1.29 is 24.6 Å². The van der Waals surface area contributed by atoms with Crippen LogP contribution in [0.4, 0.5) is 4.79 Å². The molecule has 0 atom stereocenters. The van der Waals surface area contributed by atoms with E-state index < -0.39 is 13.4 Å². The Kier molecular flexibility index (Phi) is 9.81. The van der Waals surface area contributed by atoms with Gasteiger partial charge in [-0.25, -0.2) is 4.79 Å². The Morgan fingerprint density at radius 2 is 1.90 bits per heavy atom. The molecule has 7 heteroatoms. The van der Waals surface area contributed by atoms with Gasteiger partial charge in [0.05, 0.1) is 6.61 Å². The standard InChI is InChI=1S/C3H7NO2.BH3O3/c1-2-6-3(4)5;2-1(3)4/h2H2,1H3,(H2,4,5);2-4H. The zero-order valence-corrected chi connectivity index (χ0v) is 5.52. The Morgan fingerprint density at radius 3 is 1.90 bits per heavy atom. The number of nitrogens with two attached hydrogens (primary N) is 1. The minimum atomic E-state index is -2.17. The smallest absolute Gasteiger partial charge is 0.450 e. The van der Waals surface area contributed by atoms with Crippen molar-refractivity contribution in [1.29, 1.82) is 0 Å². The average molecular weight is 151 g/mol. The Balaban J connectivity index is 0. The van der Waals surface area contributed by atoms with Crippen LogP contribution in [-0.2, 0) is 4.74 Å². The van der Waals surface area contributed by atoms with Crippen molar-refractivity contribution in [2.75, 3.05) is 6.61 Å². The van der Waals surface area contributed by atoms with Crippen molar-refractivity contribution in [2.24, 2.45) is 5.73 Å². The van der Waals surface area contributed by atoms with Gasteiger partial charge in [0, 0.05) is 0 Å². The minimum absolute atomic E-state index is 0.356. The summed E-state index contributed by atoms with van der Waals surface area (Å²) < 4.78 is 4.18. The molecule has 0 fully saturated rings. The van der Waals surface area contributed by atoms with E-state index in [2.05, 4.69) is 10.5 Å². The van der Waals surface area contributed by atoms with Gasteiger partial charge < -0.3 is 25.5 Å². The van der Waals surface area contributed by atoms with E-state index >= 15 is 0 Å². The lowest BCUT2D eigenvalue weighted by Crippen LogP contribution is -2.11. The minimum Gasteiger partial charge on any atom is -0.450 e. The van der Waals surface area contributed by atoms with Crippen LogP contribution in [0.15, 0.2) is 0 Å². The highest BCUT2D eigenvalue weighted by Gasteiger charge is 1.92. The van der Waals surface area contributed by atoms with Gasteiger partial charge >= 0.3 is 13.4 Å². The third-order valence-corrected chi connectivity index (χ3v) is 0.287. The number of rotatable bonds is 1. The van der Waals surface area contributed by atoms with Gasteiger partial charge in [0.15, 0.2) is 0 Å². The lowest BCUT2D eigenvalue weighted by atomic mass is 10.3. The summed E-state index contributed by atoms with van der Waals surface area (Å²) in [4.78, 5) is 9.60. The zero-order chi connectivity index (χ0) is 8.57. The molecule has 0 aliphatic carbocycles. The molecule has 0 saturated heterocycles. The second kappa shape index (κ2) is 8.21. The number of hydrogen-bond acceptors (Lipinski definition) is 5. The van der Waals surface area contributed by atoms with Gasteiger partial charge in [-0.3, -0.25) is 0 Å². The van der Waals surface area contributed by atoms with Crippen LogP contribution in [0.2, 0.25) is 0 Å². The summed E-state index contributed by atoms with van der Waals surface area (Å²) in [5, 5.41) is 21.5. The lowest BCUT2D eigenvalue weighted by Gasteiger charge is -1.89. The summed E-state index contributed by atoms with van der Waals surface area (Å²) in [6.07, 6.45) is -0.711.